The van der Waals surface area contributed by atoms with E-state index >= 15 is 0 Å². The molecule has 446 valence electrons. The number of hydrogen-bond acceptors (Lipinski definition) is 17. The molecule has 25 unspecified atom stereocenters. The van der Waals surface area contributed by atoms with Crippen molar-refractivity contribution >= 4 is 17.7 Å². The summed E-state index contributed by atoms with van der Waals surface area (Å²) >= 11 is 0. The van der Waals surface area contributed by atoms with Crippen LogP contribution in [0.2, 0.25) is 0 Å². The number of hydrogen-bond donors (Lipinski definition) is 15. The Labute approximate surface area is 472 Å². The lowest BCUT2D eigenvalue weighted by molar-refractivity contribution is -0.354. The van der Waals surface area contributed by atoms with E-state index < -0.39 is 160 Å². The van der Waals surface area contributed by atoms with E-state index in [1.807, 2.05) is 6.92 Å². The van der Waals surface area contributed by atoms with Crippen LogP contribution < -0.4 is 16.4 Å². The molecule has 5 saturated carbocycles. The third-order valence-corrected chi connectivity index (χ3v) is 24.5. The van der Waals surface area contributed by atoms with Crippen LogP contribution in [0.5, 0.6) is 0 Å². The lowest BCUT2D eigenvalue weighted by Gasteiger charge is -2.78. The molecule has 25 atom stereocenters. The summed E-state index contributed by atoms with van der Waals surface area (Å²) in [5, 5.41) is 125. The normalized spacial score (nSPS) is 47.5. The number of carbonyl (C=O) groups is 2. The lowest BCUT2D eigenvalue weighted by atomic mass is 9.26. The molecule has 3 aliphatic heterocycles. The second-order valence-corrected chi connectivity index (χ2v) is 27.6. The van der Waals surface area contributed by atoms with Crippen LogP contribution in [0.15, 0.2) is 30.5 Å². The van der Waals surface area contributed by atoms with Gasteiger partial charge in [-0.3, -0.25) is 9.59 Å². The van der Waals surface area contributed by atoms with Gasteiger partial charge in [-0.15, -0.1) is 5.92 Å². The molecule has 21 nitrogen and oxygen atoms in total. The second-order valence-electron chi connectivity index (χ2n) is 27.6. The summed E-state index contributed by atoms with van der Waals surface area (Å²) in [6, 6.07) is -0.986. The van der Waals surface area contributed by atoms with Crippen LogP contribution in [0, 0.1) is 104 Å². The van der Waals surface area contributed by atoms with Crippen LogP contribution >= 0.6 is 0 Å². The van der Waals surface area contributed by atoms with E-state index in [0.29, 0.717) is 75.8 Å². The predicted molar refractivity (Wildman–Crippen MR) is 290 cm³/mol. The first-order chi connectivity index (χ1) is 38.7. The van der Waals surface area contributed by atoms with E-state index in [1.54, 1.807) is 12.5 Å². The topological polar surface area (TPSA) is 362 Å². The molecule has 16 N–H and O–H groups in total. The second kappa shape index (κ2) is 20.9. The molecule has 7 aliphatic carbocycles. The van der Waals surface area contributed by atoms with Gasteiger partial charge in [0.25, 0.3) is 0 Å². The Kier molecular flexibility index (Phi) is 14.8. The minimum Gasteiger partial charge on any atom is -0.481 e. The fraction of sp³-hybridized carbons (Fsp3) is 0.800. The highest BCUT2D eigenvalue weighted by molar-refractivity contribution is 5.82. The average Bonchev–Trinajstić information content (AvgIpc) is 4.41. The third kappa shape index (κ3) is 8.14. The number of anilines is 1. The van der Waals surface area contributed by atoms with Crippen LogP contribution in [0.3, 0.4) is 0 Å². The SMILES string of the molecule is CC1(CO)CCC2(C(=O)O)C(C1)C1=CCC3C4(C5CCCC5)C5C(O)C(OC6OCC(O)C(O)C6O)C(C)(CO)C4CCC3(C)C1(CCC#CC5C1C(CO)C(=O)NC1C(c1cnc[nH]1)C(O)CC(N)O)C1Cc3[nH]cnc3NCC12. The van der Waals surface area contributed by atoms with Gasteiger partial charge >= 0.3 is 5.97 Å². The molecular weight excluding hydrogens is 1040 g/mol. The summed E-state index contributed by atoms with van der Waals surface area (Å²) in [5.41, 5.74) is 3.07. The lowest BCUT2D eigenvalue weighted by Crippen LogP contribution is -2.77. The van der Waals surface area contributed by atoms with Crippen LogP contribution in [0.4, 0.5) is 5.82 Å². The van der Waals surface area contributed by atoms with E-state index in [0.717, 1.165) is 37.0 Å². The maximum absolute atomic E-state index is 14.8. The highest BCUT2D eigenvalue weighted by Gasteiger charge is 2.80. The number of carboxylic acid groups (broad SMARTS) is 1. The Hall–Kier alpha value is -4.02. The van der Waals surface area contributed by atoms with Crippen molar-refractivity contribution in [2.45, 2.75) is 172 Å². The standard InChI is InChI=1S/C60H87N7O14/c1-55(25-69)16-17-58(54(78)79)34(20-55)32-11-12-41-57(3)15-13-40-56(2,26-70)50(81-53-49(76)47(74)39(72)24-80-53)48(75)45(60(40,41)29-8-4-5-9-29)30(10-6-7-14-59(32,57)33-18-36-51(66-28-65-36)63-21-35(33)58)43-31(23-68)52(77)67-46(43)44(37-22-62-27-64-37)38(71)19-42(61)73/h11,22,27-31,33-35,38-50,53,63,68-76H,4-5,7-9,12-21,23-26,61H2,1-3H3,(H,62,64)(H,65,66)(H,67,77)(H,78,79). The van der Waals surface area contributed by atoms with Crippen molar-refractivity contribution < 1.29 is 70.1 Å². The molecular formula is C60H87N7O14. The van der Waals surface area contributed by atoms with Crippen molar-refractivity contribution in [3.8, 4) is 11.8 Å². The maximum atomic E-state index is 14.8. The van der Waals surface area contributed by atoms with Gasteiger partial charge in [-0.05, 0) is 116 Å². The number of allylic oxidation sites excluding steroid dienone is 2. The number of imidazole rings is 2. The molecule has 5 heterocycles. The van der Waals surface area contributed by atoms with Crippen LogP contribution in [-0.4, -0.2) is 171 Å². The largest absolute Gasteiger partial charge is 0.481 e. The van der Waals surface area contributed by atoms with Crippen LogP contribution in [0.1, 0.15) is 122 Å². The molecule has 10 aliphatic rings. The average molecular weight is 1130 g/mol. The number of nitrogens with two attached hydrogens (primary N) is 1. The van der Waals surface area contributed by atoms with Crippen molar-refractivity contribution in [2.24, 2.45) is 97.4 Å². The summed E-state index contributed by atoms with van der Waals surface area (Å²) in [4.78, 5) is 45.2. The number of nitrogens with one attached hydrogen (secondary N) is 4. The predicted octanol–water partition coefficient (Wildman–Crippen LogP) is 1.50. The number of carbonyl (C=O) groups excluding carboxylic acids is 1. The van der Waals surface area contributed by atoms with Gasteiger partial charge in [0, 0.05) is 78.4 Å². The number of carboxylic acids is 1. The molecule has 12 rings (SSSR count). The Bertz CT molecular complexity index is 2770. The monoisotopic (exact) mass is 1130 g/mol. The van der Waals surface area contributed by atoms with Crippen molar-refractivity contribution in [3.63, 3.8) is 0 Å². The number of amides is 1. The first-order valence-corrected chi connectivity index (χ1v) is 30.1. The molecule has 81 heavy (non-hydrogen) atoms. The Morgan fingerprint density at radius 2 is 1.73 bits per heavy atom. The summed E-state index contributed by atoms with van der Waals surface area (Å²) < 4.78 is 12.9. The molecule has 1 amide bonds. The molecule has 21 heteroatoms. The number of H-pyrrole nitrogens is 2. The van der Waals surface area contributed by atoms with Crippen molar-refractivity contribution in [1.82, 2.24) is 25.3 Å². The van der Waals surface area contributed by atoms with E-state index in [2.05, 4.69) is 57.3 Å². The zero-order valence-corrected chi connectivity index (χ0v) is 46.9. The van der Waals surface area contributed by atoms with Crippen LogP contribution in [-0.2, 0) is 25.5 Å². The van der Waals surface area contributed by atoms with Gasteiger partial charge < -0.3 is 86.9 Å². The smallest absolute Gasteiger partial charge is 0.310 e. The van der Waals surface area contributed by atoms with Gasteiger partial charge in [0.1, 0.15) is 30.4 Å². The zero-order valence-electron chi connectivity index (χ0n) is 46.9. The Morgan fingerprint density at radius 1 is 0.951 bits per heavy atom. The van der Waals surface area contributed by atoms with E-state index in [1.165, 1.54) is 6.33 Å². The Morgan fingerprint density at radius 3 is 2.42 bits per heavy atom. The summed E-state index contributed by atoms with van der Waals surface area (Å²) in [5.74, 6) is 0.0146. The van der Waals surface area contributed by atoms with E-state index in [-0.39, 0.29) is 37.4 Å². The minimum absolute atomic E-state index is 0.0933. The summed E-state index contributed by atoms with van der Waals surface area (Å²) in [6.07, 6.45) is 2.48. The number of aliphatic hydroxyl groups excluding tert-OH is 9. The number of rotatable bonds is 13. The maximum Gasteiger partial charge on any atom is 0.310 e. The molecule has 7 fully saturated rings. The molecule has 0 radical (unpaired) electrons. The zero-order chi connectivity index (χ0) is 57.3. The van der Waals surface area contributed by atoms with E-state index in [4.69, 9.17) is 20.2 Å². The quantitative estimate of drug-likeness (QED) is 0.0585. The fourth-order valence-electron chi connectivity index (χ4n) is 21.2. The van der Waals surface area contributed by atoms with Crippen molar-refractivity contribution in [3.05, 3.63) is 41.9 Å². The molecule has 1 spiro atoms. The van der Waals surface area contributed by atoms with Crippen molar-refractivity contribution in [1.29, 1.82) is 0 Å². The summed E-state index contributed by atoms with van der Waals surface area (Å²) in [6.45, 7) is 5.26. The molecule has 4 bridgehead atoms. The number of aromatic amines is 2. The molecule has 2 aromatic heterocycles. The molecule has 2 aromatic rings. The highest BCUT2D eigenvalue weighted by atomic mass is 16.7. The number of aromatic nitrogens is 4. The van der Waals surface area contributed by atoms with Gasteiger partial charge in [0.05, 0.1) is 67.8 Å². The molecule has 0 aromatic carbocycles. The van der Waals surface area contributed by atoms with Gasteiger partial charge in [-0.2, -0.15) is 0 Å². The number of nitrogens with zero attached hydrogens (tertiary/aromatic N) is 2. The van der Waals surface area contributed by atoms with Crippen LogP contribution in [0.25, 0.3) is 0 Å². The van der Waals surface area contributed by atoms with Crippen molar-refractivity contribution in [2.75, 3.05) is 38.3 Å². The van der Waals surface area contributed by atoms with Gasteiger partial charge in [-0.25, -0.2) is 9.97 Å². The minimum atomic E-state index is -1.75. The number of aliphatic carboxylic acids is 1. The number of ether oxygens (including phenoxy) is 2. The van der Waals surface area contributed by atoms with E-state index in [9.17, 15) is 60.7 Å². The highest BCUT2D eigenvalue weighted by Crippen LogP contribution is 2.82. The third-order valence-electron chi connectivity index (χ3n) is 24.5. The first-order valence-electron chi connectivity index (χ1n) is 30.1. The number of aliphatic hydroxyl groups is 9. The van der Waals surface area contributed by atoms with Gasteiger partial charge in [0.15, 0.2) is 6.29 Å². The number of fused-ring (bicyclic) bond motifs is 5. The fourth-order valence-corrected chi connectivity index (χ4v) is 21.2. The summed E-state index contributed by atoms with van der Waals surface area (Å²) in [7, 11) is 0. The van der Waals surface area contributed by atoms with Gasteiger partial charge in [-0.1, -0.05) is 51.2 Å². The first kappa shape index (κ1) is 57.4. The van der Waals surface area contributed by atoms with Gasteiger partial charge in [0.2, 0.25) is 5.91 Å². The Balaban J connectivity index is 1.14. The molecule has 2 saturated heterocycles.